The molecule has 2 amide bonds. The quantitative estimate of drug-likeness (QED) is 0.750. The Morgan fingerprint density at radius 2 is 1.70 bits per heavy atom. The minimum atomic E-state index is -0.517. The fraction of sp³-hybridized carbons (Fsp3) is 0.263. The van der Waals surface area contributed by atoms with Gasteiger partial charge >= 0.3 is 0 Å². The van der Waals surface area contributed by atoms with Crippen molar-refractivity contribution in [3.63, 3.8) is 0 Å². The molecule has 0 radical (unpaired) electrons. The van der Waals surface area contributed by atoms with Gasteiger partial charge in [0.25, 0.3) is 11.8 Å². The van der Waals surface area contributed by atoms with E-state index in [0.717, 1.165) is 0 Å². The fourth-order valence-electron chi connectivity index (χ4n) is 2.47. The van der Waals surface area contributed by atoms with Crippen molar-refractivity contribution >= 4 is 11.8 Å². The smallest absolute Gasteiger partial charge is 0.276 e. The van der Waals surface area contributed by atoms with E-state index in [1.165, 1.54) is 0 Å². The van der Waals surface area contributed by atoms with E-state index in [2.05, 4.69) is 10.9 Å². The number of carbonyl (C=O) groups is 2. The first-order valence-corrected chi connectivity index (χ1v) is 8.51. The van der Waals surface area contributed by atoms with Crippen LogP contribution in [-0.4, -0.2) is 38.2 Å². The zero-order valence-corrected chi connectivity index (χ0v) is 14.8. The van der Waals surface area contributed by atoms with E-state index in [1.54, 1.807) is 36.4 Å². The molecule has 1 heterocycles. The topological polar surface area (TPSA) is 95.1 Å². The summed E-state index contributed by atoms with van der Waals surface area (Å²) in [6.07, 6.45) is 0. The lowest BCUT2D eigenvalue weighted by Gasteiger charge is -2.20. The Bertz CT molecular complexity index is 824. The summed E-state index contributed by atoms with van der Waals surface area (Å²) in [5.74, 6) is 0.818. The summed E-state index contributed by atoms with van der Waals surface area (Å²) in [5.41, 5.74) is 4.92. The highest BCUT2D eigenvalue weighted by Crippen LogP contribution is 2.33. The van der Waals surface area contributed by atoms with E-state index < -0.39 is 11.8 Å². The van der Waals surface area contributed by atoms with Crippen LogP contribution in [0.5, 0.6) is 23.0 Å². The van der Waals surface area contributed by atoms with E-state index in [1.807, 2.05) is 13.0 Å². The number of carbonyl (C=O) groups excluding carboxylic acids is 2. The van der Waals surface area contributed by atoms with Crippen molar-refractivity contribution in [3.8, 4) is 23.0 Å². The summed E-state index contributed by atoms with van der Waals surface area (Å²) in [7, 11) is 0. The van der Waals surface area contributed by atoms with Gasteiger partial charge in [-0.2, -0.15) is 0 Å². The molecule has 8 heteroatoms. The molecule has 0 unspecified atom stereocenters. The SMILES string of the molecule is CCOc1ccccc1OCC(=O)NNC(=O)c1cccc2c1OCCO2. The molecule has 1 aliphatic rings. The first-order chi connectivity index (χ1) is 13.2. The van der Waals surface area contributed by atoms with Crippen molar-refractivity contribution in [2.24, 2.45) is 0 Å². The Labute approximate surface area is 156 Å². The fourth-order valence-corrected chi connectivity index (χ4v) is 2.47. The summed E-state index contributed by atoms with van der Waals surface area (Å²) >= 11 is 0. The summed E-state index contributed by atoms with van der Waals surface area (Å²) < 4.78 is 21.8. The maximum Gasteiger partial charge on any atom is 0.276 e. The van der Waals surface area contributed by atoms with Gasteiger partial charge in [0, 0.05) is 0 Å². The van der Waals surface area contributed by atoms with Crippen molar-refractivity contribution < 1.29 is 28.5 Å². The molecule has 8 nitrogen and oxygen atoms in total. The Hall–Kier alpha value is -3.42. The predicted molar refractivity (Wildman–Crippen MR) is 96.1 cm³/mol. The van der Waals surface area contributed by atoms with Gasteiger partial charge in [-0.25, -0.2) is 0 Å². The van der Waals surface area contributed by atoms with Gasteiger partial charge in [0.1, 0.15) is 13.2 Å². The highest BCUT2D eigenvalue weighted by molar-refractivity contribution is 5.98. The number of hydrazine groups is 1. The van der Waals surface area contributed by atoms with E-state index in [4.69, 9.17) is 18.9 Å². The Balaban J connectivity index is 1.53. The molecule has 0 aromatic heterocycles. The average Bonchev–Trinajstić information content (AvgIpc) is 2.71. The average molecular weight is 372 g/mol. The molecule has 0 bridgehead atoms. The third kappa shape index (κ3) is 4.60. The summed E-state index contributed by atoms with van der Waals surface area (Å²) in [6, 6.07) is 12.0. The van der Waals surface area contributed by atoms with Crippen LogP contribution < -0.4 is 29.8 Å². The molecule has 0 atom stereocenters. The number of para-hydroxylation sites is 3. The molecular weight excluding hydrogens is 352 g/mol. The van der Waals surface area contributed by atoms with Gasteiger partial charge in [0.15, 0.2) is 29.6 Å². The van der Waals surface area contributed by atoms with Gasteiger partial charge in [0.05, 0.1) is 12.2 Å². The first kappa shape index (κ1) is 18.4. The molecule has 3 rings (SSSR count). The van der Waals surface area contributed by atoms with Crippen LogP contribution in [0.4, 0.5) is 0 Å². The second-order valence-corrected chi connectivity index (χ2v) is 5.50. The highest BCUT2D eigenvalue weighted by Gasteiger charge is 2.20. The van der Waals surface area contributed by atoms with Crippen molar-refractivity contribution in [1.29, 1.82) is 0 Å². The van der Waals surface area contributed by atoms with Crippen LogP contribution in [0.25, 0.3) is 0 Å². The highest BCUT2D eigenvalue weighted by atomic mass is 16.6. The van der Waals surface area contributed by atoms with Crippen LogP contribution in [0.15, 0.2) is 42.5 Å². The lowest BCUT2D eigenvalue weighted by Crippen LogP contribution is -2.44. The third-order valence-electron chi connectivity index (χ3n) is 3.63. The predicted octanol–water partition coefficient (Wildman–Crippen LogP) is 1.70. The van der Waals surface area contributed by atoms with Crippen LogP contribution in [0, 0.1) is 0 Å². The largest absolute Gasteiger partial charge is 0.490 e. The van der Waals surface area contributed by atoms with Crippen LogP contribution >= 0.6 is 0 Å². The van der Waals surface area contributed by atoms with Crippen molar-refractivity contribution in [2.45, 2.75) is 6.92 Å². The molecular formula is C19H20N2O6. The number of nitrogens with one attached hydrogen (secondary N) is 2. The van der Waals surface area contributed by atoms with Gasteiger partial charge in [0.2, 0.25) is 0 Å². The zero-order valence-electron chi connectivity index (χ0n) is 14.8. The monoisotopic (exact) mass is 372 g/mol. The lowest BCUT2D eigenvalue weighted by molar-refractivity contribution is -0.123. The minimum absolute atomic E-state index is 0.273. The lowest BCUT2D eigenvalue weighted by atomic mass is 10.1. The summed E-state index contributed by atoms with van der Waals surface area (Å²) in [6.45, 7) is 2.84. The van der Waals surface area contributed by atoms with Gasteiger partial charge in [-0.3, -0.25) is 20.4 Å². The molecule has 2 N–H and O–H groups in total. The Morgan fingerprint density at radius 1 is 0.963 bits per heavy atom. The van der Waals surface area contributed by atoms with Crippen LogP contribution in [0.3, 0.4) is 0 Å². The molecule has 0 saturated carbocycles. The molecule has 0 aliphatic carbocycles. The Kier molecular flexibility index (Phi) is 5.98. The number of fused-ring (bicyclic) bond motifs is 1. The molecule has 2 aromatic carbocycles. The maximum atomic E-state index is 12.3. The standard InChI is InChI=1S/C19H20N2O6/c1-2-24-14-7-3-4-8-15(14)27-12-17(22)20-21-19(23)13-6-5-9-16-18(13)26-11-10-25-16/h3-9H,2,10-12H2,1H3,(H,20,22)(H,21,23). The van der Waals surface area contributed by atoms with Crippen LogP contribution in [0.2, 0.25) is 0 Å². The van der Waals surface area contributed by atoms with Gasteiger partial charge in [-0.05, 0) is 31.2 Å². The third-order valence-corrected chi connectivity index (χ3v) is 3.63. The number of amides is 2. The van der Waals surface area contributed by atoms with E-state index in [0.29, 0.717) is 42.8 Å². The van der Waals surface area contributed by atoms with E-state index >= 15 is 0 Å². The number of hydrogen-bond acceptors (Lipinski definition) is 6. The van der Waals surface area contributed by atoms with Crippen LogP contribution in [-0.2, 0) is 4.79 Å². The molecule has 142 valence electrons. The Morgan fingerprint density at radius 3 is 2.48 bits per heavy atom. The molecule has 0 spiro atoms. The molecule has 0 fully saturated rings. The van der Waals surface area contributed by atoms with Crippen molar-refractivity contribution in [1.82, 2.24) is 10.9 Å². The number of ether oxygens (including phenoxy) is 4. The molecule has 0 saturated heterocycles. The second kappa shape index (κ2) is 8.79. The zero-order chi connectivity index (χ0) is 19.1. The minimum Gasteiger partial charge on any atom is -0.490 e. The van der Waals surface area contributed by atoms with Crippen molar-refractivity contribution in [3.05, 3.63) is 48.0 Å². The summed E-state index contributed by atoms with van der Waals surface area (Å²) in [4.78, 5) is 24.3. The van der Waals surface area contributed by atoms with Gasteiger partial charge < -0.3 is 18.9 Å². The number of rotatable bonds is 6. The van der Waals surface area contributed by atoms with E-state index in [-0.39, 0.29) is 12.2 Å². The molecule has 2 aromatic rings. The normalized spacial score (nSPS) is 12.0. The van der Waals surface area contributed by atoms with E-state index in [9.17, 15) is 9.59 Å². The van der Waals surface area contributed by atoms with Crippen LogP contribution in [0.1, 0.15) is 17.3 Å². The number of hydrogen-bond donors (Lipinski definition) is 2. The summed E-state index contributed by atoms with van der Waals surface area (Å²) in [5, 5.41) is 0. The van der Waals surface area contributed by atoms with Crippen molar-refractivity contribution in [2.75, 3.05) is 26.4 Å². The van der Waals surface area contributed by atoms with Gasteiger partial charge in [-0.1, -0.05) is 18.2 Å². The first-order valence-electron chi connectivity index (χ1n) is 8.51. The maximum absolute atomic E-state index is 12.3. The number of benzene rings is 2. The molecule has 27 heavy (non-hydrogen) atoms. The second-order valence-electron chi connectivity index (χ2n) is 5.50. The molecule has 1 aliphatic heterocycles. The van der Waals surface area contributed by atoms with Gasteiger partial charge in [-0.15, -0.1) is 0 Å².